The molecule has 1 aromatic carbocycles. The maximum atomic E-state index is 11.3. The summed E-state index contributed by atoms with van der Waals surface area (Å²) in [6.45, 7) is 4.03. The average Bonchev–Trinajstić information content (AvgIpc) is 2.38. The van der Waals surface area contributed by atoms with Crippen LogP contribution in [0.5, 0.6) is 0 Å². The van der Waals surface area contributed by atoms with E-state index in [0.717, 1.165) is 24.8 Å². The maximum absolute atomic E-state index is 11.3. The topological polar surface area (TPSA) is 35.5 Å². The van der Waals surface area contributed by atoms with Gasteiger partial charge in [-0.15, -0.1) is 0 Å². The molecule has 0 spiro atoms. The maximum Gasteiger partial charge on any atom is 0.342 e. The summed E-state index contributed by atoms with van der Waals surface area (Å²) < 4.78 is 0. The molecule has 0 aromatic heterocycles. The van der Waals surface area contributed by atoms with Gasteiger partial charge in [0.05, 0.1) is 0 Å². The third kappa shape index (κ3) is 5.00. The zero-order valence-electron chi connectivity index (χ0n) is 10.5. The van der Waals surface area contributed by atoms with Gasteiger partial charge in [-0.1, -0.05) is 50.6 Å². The Morgan fingerprint density at radius 2 is 1.94 bits per heavy atom. The molecule has 1 unspecified atom stereocenters. The molecule has 3 heteroatoms. The Kier molecular flexibility index (Phi) is 6.33. The van der Waals surface area contributed by atoms with E-state index in [0.29, 0.717) is 6.42 Å². The van der Waals surface area contributed by atoms with Gasteiger partial charge >= 0.3 is 5.97 Å². The van der Waals surface area contributed by atoms with Crippen molar-refractivity contribution in [3.05, 3.63) is 35.9 Å². The average molecular weight is 236 g/mol. The predicted molar refractivity (Wildman–Crippen MR) is 66.2 cm³/mol. The van der Waals surface area contributed by atoms with Crippen molar-refractivity contribution in [1.82, 2.24) is 0 Å². The SMILES string of the molecule is CCCCC(=O)OOC(CC)c1ccccc1. The van der Waals surface area contributed by atoms with Crippen molar-refractivity contribution in [2.75, 3.05) is 0 Å². The highest BCUT2D eigenvalue weighted by atomic mass is 17.2. The fraction of sp³-hybridized carbons (Fsp3) is 0.500. The lowest BCUT2D eigenvalue weighted by Crippen LogP contribution is -2.09. The van der Waals surface area contributed by atoms with E-state index < -0.39 is 0 Å². The Morgan fingerprint density at radius 1 is 1.24 bits per heavy atom. The first-order chi connectivity index (χ1) is 8.27. The standard InChI is InChI=1S/C14H20O3/c1-3-5-11-14(15)17-16-13(4-2)12-9-7-6-8-10-12/h6-10,13H,3-5,11H2,1-2H3. The molecule has 0 aliphatic carbocycles. The number of carbonyl (C=O) groups excluding carboxylic acids is 1. The molecule has 0 radical (unpaired) electrons. The third-order valence-electron chi connectivity index (χ3n) is 2.53. The summed E-state index contributed by atoms with van der Waals surface area (Å²) in [5.74, 6) is -0.291. The number of rotatable bonds is 7. The summed E-state index contributed by atoms with van der Waals surface area (Å²) in [4.78, 5) is 21.3. The molecule has 0 aliphatic heterocycles. The molecule has 1 atom stereocenters. The summed E-state index contributed by atoms with van der Waals surface area (Å²) in [5.41, 5.74) is 1.03. The van der Waals surface area contributed by atoms with E-state index in [9.17, 15) is 4.79 Å². The molecule has 0 heterocycles. The third-order valence-corrected chi connectivity index (χ3v) is 2.53. The van der Waals surface area contributed by atoms with E-state index >= 15 is 0 Å². The van der Waals surface area contributed by atoms with Crippen molar-refractivity contribution < 1.29 is 14.6 Å². The van der Waals surface area contributed by atoms with Gasteiger partial charge in [-0.05, 0) is 18.4 Å². The molecule has 0 bridgehead atoms. The Morgan fingerprint density at radius 3 is 2.53 bits per heavy atom. The predicted octanol–water partition coefficient (Wildman–Crippen LogP) is 3.80. The Labute approximate surface area is 103 Å². The zero-order valence-corrected chi connectivity index (χ0v) is 10.5. The minimum Gasteiger partial charge on any atom is -0.298 e. The van der Waals surface area contributed by atoms with Crippen LogP contribution >= 0.6 is 0 Å². The van der Waals surface area contributed by atoms with Gasteiger partial charge in [0.15, 0.2) is 0 Å². The van der Waals surface area contributed by atoms with Gasteiger partial charge in [0.1, 0.15) is 6.10 Å². The van der Waals surface area contributed by atoms with Crippen LogP contribution < -0.4 is 0 Å². The molecule has 0 fully saturated rings. The number of hydrogen-bond donors (Lipinski definition) is 0. The van der Waals surface area contributed by atoms with E-state index in [1.807, 2.05) is 44.2 Å². The van der Waals surface area contributed by atoms with Crippen molar-refractivity contribution in [3.63, 3.8) is 0 Å². The Hall–Kier alpha value is -1.35. The van der Waals surface area contributed by atoms with Gasteiger partial charge in [-0.2, -0.15) is 4.89 Å². The van der Waals surface area contributed by atoms with Crippen LogP contribution in [0.1, 0.15) is 51.2 Å². The summed E-state index contributed by atoms with van der Waals surface area (Å²) in [7, 11) is 0. The molecule has 0 N–H and O–H groups in total. The first-order valence-corrected chi connectivity index (χ1v) is 6.19. The zero-order chi connectivity index (χ0) is 12.5. The van der Waals surface area contributed by atoms with Crippen LogP contribution in [0.2, 0.25) is 0 Å². The van der Waals surface area contributed by atoms with Crippen molar-refractivity contribution in [3.8, 4) is 0 Å². The summed E-state index contributed by atoms with van der Waals surface area (Å²) in [6, 6.07) is 9.77. The molecule has 1 rings (SSSR count). The molecule has 1 aromatic rings. The normalized spacial score (nSPS) is 12.1. The van der Waals surface area contributed by atoms with Gasteiger partial charge in [-0.3, -0.25) is 4.89 Å². The van der Waals surface area contributed by atoms with Crippen LogP contribution in [-0.4, -0.2) is 5.97 Å². The Bertz CT molecular complexity index is 321. The minimum absolute atomic E-state index is 0.179. The first-order valence-electron chi connectivity index (χ1n) is 6.19. The largest absolute Gasteiger partial charge is 0.342 e. The molecular formula is C14H20O3. The first kappa shape index (κ1) is 13.7. The second-order valence-electron chi connectivity index (χ2n) is 3.96. The lowest BCUT2D eigenvalue weighted by molar-refractivity contribution is -0.301. The second kappa shape index (κ2) is 7.85. The van der Waals surface area contributed by atoms with E-state index in [-0.39, 0.29) is 12.1 Å². The quantitative estimate of drug-likeness (QED) is 0.533. The molecule has 0 saturated carbocycles. The van der Waals surface area contributed by atoms with Gasteiger partial charge < -0.3 is 0 Å². The van der Waals surface area contributed by atoms with Crippen molar-refractivity contribution in [1.29, 1.82) is 0 Å². The van der Waals surface area contributed by atoms with Gasteiger partial charge in [0, 0.05) is 6.42 Å². The number of unbranched alkanes of at least 4 members (excludes halogenated alkanes) is 1. The summed E-state index contributed by atoms with van der Waals surface area (Å²) in [5, 5.41) is 0. The fourth-order valence-electron chi connectivity index (χ4n) is 1.50. The molecular weight excluding hydrogens is 216 g/mol. The highest BCUT2D eigenvalue weighted by molar-refractivity contribution is 5.68. The molecule has 0 saturated heterocycles. The van der Waals surface area contributed by atoms with Crippen molar-refractivity contribution >= 4 is 5.97 Å². The van der Waals surface area contributed by atoms with Crippen LogP contribution in [0, 0.1) is 0 Å². The van der Waals surface area contributed by atoms with Gasteiger partial charge in [0.2, 0.25) is 0 Å². The number of benzene rings is 1. The van der Waals surface area contributed by atoms with Crippen LogP contribution in [-0.2, 0) is 14.6 Å². The Balaban J connectivity index is 2.40. The van der Waals surface area contributed by atoms with Crippen LogP contribution in [0.3, 0.4) is 0 Å². The smallest absolute Gasteiger partial charge is 0.298 e. The second-order valence-corrected chi connectivity index (χ2v) is 3.96. The lowest BCUT2D eigenvalue weighted by Gasteiger charge is -2.14. The number of carbonyl (C=O) groups is 1. The fourth-order valence-corrected chi connectivity index (χ4v) is 1.50. The highest BCUT2D eigenvalue weighted by Crippen LogP contribution is 2.20. The molecule has 17 heavy (non-hydrogen) atoms. The van der Waals surface area contributed by atoms with Gasteiger partial charge in [-0.25, -0.2) is 4.79 Å². The van der Waals surface area contributed by atoms with E-state index in [2.05, 4.69) is 0 Å². The highest BCUT2D eigenvalue weighted by Gasteiger charge is 2.13. The molecule has 94 valence electrons. The molecule has 0 aliphatic rings. The van der Waals surface area contributed by atoms with Crippen LogP contribution in [0.15, 0.2) is 30.3 Å². The van der Waals surface area contributed by atoms with Crippen molar-refractivity contribution in [2.24, 2.45) is 0 Å². The lowest BCUT2D eigenvalue weighted by atomic mass is 10.1. The summed E-state index contributed by atoms with van der Waals surface area (Å²) in [6.07, 6.45) is 2.82. The molecule has 0 amide bonds. The molecule has 3 nitrogen and oxygen atoms in total. The van der Waals surface area contributed by atoms with E-state index in [1.165, 1.54) is 0 Å². The van der Waals surface area contributed by atoms with Gasteiger partial charge in [0.25, 0.3) is 0 Å². The number of hydrogen-bond acceptors (Lipinski definition) is 3. The van der Waals surface area contributed by atoms with Crippen LogP contribution in [0.25, 0.3) is 0 Å². The monoisotopic (exact) mass is 236 g/mol. The van der Waals surface area contributed by atoms with E-state index in [4.69, 9.17) is 9.78 Å². The van der Waals surface area contributed by atoms with Crippen LogP contribution in [0.4, 0.5) is 0 Å². The van der Waals surface area contributed by atoms with Crippen molar-refractivity contribution in [2.45, 2.75) is 45.6 Å². The minimum atomic E-state index is -0.291. The summed E-state index contributed by atoms with van der Waals surface area (Å²) >= 11 is 0. The van der Waals surface area contributed by atoms with E-state index in [1.54, 1.807) is 0 Å².